The summed E-state index contributed by atoms with van der Waals surface area (Å²) in [6.07, 6.45) is 2.38. The van der Waals surface area contributed by atoms with Gasteiger partial charge < -0.3 is 4.84 Å². The van der Waals surface area contributed by atoms with Gasteiger partial charge in [-0.15, -0.1) is 0 Å². The van der Waals surface area contributed by atoms with Crippen molar-refractivity contribution in [1.29, 1.82) is 0 Å². The topological polar surface area (TPSA) is 48.1 Å². The van der Waals surface area contributed by atoms with Crippen molar-refractivity contribution in [2.75, 3.05) is 6.61 Å². The van der Waals surface area contributed by atoms with E-state index in [2.05, 4.69) is 25.8 Å². The molecule has 12 heavy (non-hydrogen) atoms. The van der Waals surface area contributed by atoms with Gasteiger partial charge in [-0.2, -0.15) is 0 Å². The van der Waals surface area contributed by atoms with Gasteiger partial charge in [-0.05, 0) is 34.0 Å². The quantitative estimate of drug-likeness (QED) is 0.660. The summed E-state index contributed by atoms with van der Waals surface area (Å²) in [5, 5.41) is 0.477. The molecule has 0 spiro atoms. The number of hydrogen-bond donors (Lipinski definition) is 1. The fourth-order valence-corrected chi connectivity index (χ4v) is 1.41. The summed E-state index contributed by atoms with van der Waals surface area (Å²) in [7, 11) is 0. The molecular weight excluding hydrogens is 243 g/mol. The van der Waals surface area contributed by atoms with Gasteiger partial charge in [0.1, 0.15) is 5.15 Å². The summed E-state index contributed by atoms with van der Waals surface area (Å²) in [6, 6.07) is 1.78. The van der Waals surface area contributed by atoms with E-state index in [4.69, 9.17) is 17.5 Å². The first-order valence-corrected chi connectivity index (χ1v) is 4.52. The number of pyridine rings is 1. The zero-order valence-electron chi connectivity index (χ0n) is 6.26. The van der Waals surface area contributed by atoms with Gasteiger partial charge in [-0.25, -0.2) is 10.9 Å². The maximum atomic E-state index is 5.69. The van der Waals surface area contributed by atoms with Crippen LogP contribution in [0.15, 0.2) is 16.7 Å². The van der Waals surface area contributed by atoms with Crippen LogP contribution in [0.5, 0.6) is 0 Å². The molecule has 0 saturated carbocycles. The summed E-state index contributed by atoms with van der Waals surface area (Å²) >= 11 is 9.03. The molecule has 0 bridgehead atoms. The molecule has 66 valence electrons. The maximum Gasteiger partial charge on any atom is 0.129 e. The number of aromatic nitrogens is 1. The van der Waals surface area contributed by atoms with Crippen LogP contribution in [0.25, 0.3) is 0 Å². The Balaban J connectivity index is 2.75. The molecule has 5 heteroatoms. The average molecular weight is 252 g/mol. The third-order valence-corrected chi connectivity index (χ3v) is 2.31. The van der Waals surface area contributed by atoms with E-state index in [0.717, 1.165) is 16.5 Å². The van der Waals surface area contributed by atoms with Gasteiger partial charge in [0.25, 0.3) is 0 Å². The van der Waals surface area contributed by atoms with E-state index in [-0.39, 0.29) is 0 Å². The molecule has 0 unspecified atom stereocenters. The number of halogens is 2. The molecule has 0 fully saturated rings. The molecule has 0 aromatic carbocycles. The zero-order valence-corrected chi connectivity index (χ0v) is 8.60. The Labute approximate surface area is 84.0 Å². The molecule has 3 nitrogen and oxygen atoms in total. The van der Waals surface area contributed by atoms with Gasteiger partial charge >= 0.3 is 0 Å². The lowest BCUT2D eigenvalue weighted by Gasteiger charge is -2.02. The van der Waals surface area contributed by atoms with Gasteiger partial charge in [0.05, 0.1) is 6.61 Å². The van der Waals surface area contributed by atoms with Crippen LogP contribution in [0.2, 0.25) is 5.15 Å². The Morgan fingerprint density at radius 2 is 2.42 bits per heavy atom. The third-order valence-electron chi connectivity index (χ3n) is 1.39. The molecule has 0 atom stereocenters. The predicted molar refractivity (Wildman–Crippen MR) is 50.8 cm³/mol. The second-order valence-electron chi connectivity index (χ2n) is 2.22. The van der Waals surface area contributed by atoms with Crippen molar-refractivity contribution in [2.24, 2.45) is 5.90 Å². The van der Waals surface area contributed by atoms with Crippen LogP contribution in [0.1, 0.15) is 5.56 Å². The van der Waals surface area contributed by atoms with Crippen molar-refractivity contribution in [3.63, 3.8) is 0 Å². The van der Waals surface area contributed by atoms with Crippen LogP contribution in [-0.4, -0.2) is 11.6 Å². The van der Waals surface area contributed by atoms with Crippen LogP contribution in [0.4, 0.5) is 0 Å². The lowest BCUT2D eigenvalue weighted by Crippen LogP contribution is -2.04. The van der Waals surface area contributed by atoms with Crippen molar-refractivity contribution in [3.05, 3.63) is 27.5 Å². The highest BCUT2D eigenvalue weighted by molar-refractivity contribution is 9.10. The number of hydrogen-bond acceptors (Lipinski definition) is 3. The SMILES string of the molecule is NOCCc1cc(Cl)ncc1Br. The molecule has 0 aliphatic rings. The largest absolute Gasteiger partial charge is 0.304 e. The summed E-state index contributed by atoms with van der Waals surface area (Å²) in [4.78, 5) is 8.35. The van der Waals surface area contributed by atoms with Crippen LogP contribution >= 0.6 is 27.5 Å². The highest BCUT2D eigenvalue weighted by Gasteiger charge is 2.00. The van der Waals surface area contributed by atoms with E-state index in [1.165, 1.54) is 0 Å². The van der Waals surface area contributed by atoms with E-state index in [1.54, 1.807) is 12.3 Å². The van der Waals surface area contributed by atoms with E-state index in [9.17, 15) is 0 Å². The second kappa shape index (κ2) is 4.77. The van der Waals surface area contributed by atoms with E-state index in [1.807, 2.05) is 0 Å². The maximum absolute atomic E-state index is 5.69. The van der Waals surface area contributed by atoms with Gasteiger partial charge in [0.2, 0.25) is 0 Å². The zero-order chi connectivity index (χ0) is 8.97. The first-order valence-electron chi connectivity index (χ1n) is 3.35. The first-order chi connectivity index (χ1) is 5.74. The standard InChI is InChI=1S/C7H8BrClN2O/c8-6-4-11-7(9)3-5(6)1-2-12-10/h3-4H,1-2,10H2. The fraction of sp³-hybridized carbons (Fsp3) is 0.286. The van der Waals surface area contributed by atoms with Crippen molar-refractivity contribution in [3.8, 4) is 0 Å². The molecule has 0 amide bonds. The van der Waals surface area contributed by atoms with Gasteiger partial charge in [0, 0.05) is 10.7 Å². The minimum absolute atomic E-state index is 0.471. The number of nitrogens with two attached hydrogens (primary N) is 1. The molecule has 1 aromatic heterocycles. The second-order valence-corrected chi connectivity index (χ2v) is 3.46. The monoisotopic (exact) mass is 250 g/mol. The number of rotatable bonds is 3. The summed E-state index contributed by atoms with van der Waals surface area (Å²) in [5.41, 5.74) is 1.04. The highest BCUT2D eigenvalue weighted by Crippen LogP contribution is 2.18. The smallest absolute Gasteiger partial charge is 0.129 e. The predicted octanol–water partition coefficient (Wildman–Crippen LogP) is 1.93. The molecular formula is C7H8BrClN2O. The van der Waals surface area contributed by atoms with Crippen LogP contribution in [-0.2, 0) is 11.3 Å². The molecule has 0 radical (unpaired) electrons. The van der Waals surface area contributed by atoms with Crippen molar-refractivity contribution in [1.82, 2.24) is 4.98 Å². The summed E-state index contributed by atoms with van der Waals surface area (Å²) in [6.45, 7) is 0.471. The van der Waals surface area contributed by atoms with Gasteiger partial charge in [-0.1, -0.05) is 11.6 Å². The molecule has 1 rings (SSSR count). The van der Waals surface area contributed by atoms with E-state index >= 15 is 0 Å². The van der Waals surface area contributed by atoms with E-state index < -0.39 is 0 Å². The van der Waals surface area contributed by atoms with Crippen molar-refractivity contribution < 1.29 is 4.84 Å². The van der Waals surface area contributed by atoms with Crippen LogP contribution in [0.3, 0.4) is 0 Å². The Morgan fingerprint density at radius 1 is 1.67 bits per heavy atom. The summed E-state index contributed by atoms with van der Waals surface area (Å²) in [5.74, 6) is 4.90. The van der Waals surface area contributed by atoms with Crippen LogP contribution in [0, 0.1) is 0 Å². The first kappa shape index (κ1) is 9.92. The Morgan fingerprint density at radius 3 is 3.08 bits per heavy atom. The molecule has 0 aliphatic carbocycles. The Hall–Kier alpha value is -0.160. The lowest BCUT2D eigenvalue weighted by atomic mass is 10.2. The Kier molecular flexibility index (Phi) is 3.94. The summed E-state index contributed by atoms with van der Waals surface area (Å²) < 4.78 is 0.920. The van der Waals surface area contributed by atoms with Gasteiger partial charge in [0.15, 0.2) is 0 Å². The molecule has 0 aliphatic heterocycles. The molecule has 2 N–H and O–H groups in total. The molecule has 1 aromatic rings. The minimum atomic E-state index is 0.471. The van der Waals surface area contributed by atoms with Crippen LogP contribution < -0.4 is 5.90 Å². The average Bonchev–Trinajstić information content (AvgIpc) is 2.07. The van der Waals surface area contributed by atoms with Crippen molar-refractivity contribution in [2.45, 2.75) is 6.42 Å². The minimum Gasteiger partial charge on any atom is -0.304 e. The normalized spacial score (nSPS) is 10.2. The third kappa shape index (κ3) is 2.71. The highest BCUT2D eigenvalue weighted by atomic mass is 79.9. The fourth-order valence-electron chi connectivity index (χ4n) is 0.812. The van der Waals surface area contributed by atoms with E-state index in [0.29, 0.717) is 11.8 Å². The number of nitrogens with zero attached hydrogens (tertiary/aromatic N) is 1. The molecule has 0 saturated heterocycles. The van der Waals surface area contributed by atoms with Crippen molar-refractivity contribution >= 4 is 27.5 Å². The molecule has 1 heterocycles. The Bertz CT molecular complexity index is 270. The lowest BCUT2D eigenvalue weighted by molar-refractivity contribution is 0.141. The van der Waals surface area contributed by atoms with Gasteiger partial charge in [-0.3, -0.25) is 0 Å².